The van der Waals surface area contributed by atoms with Crippen molar-refractivity contribution in [1.82, 2.24) is 19.3 Å². The maximum absolute atomic E-state index is 12.9. The third-order valence-electron chi connectivity index (χ3n) is 3.84. The summed E-state index contributed by atoms with van der Waals surface area (Å²) in [7, 11) is 0. The Labute approximate surface area is 163 Å². The standard InChI is InChI=1S/C19H14ClF3N4O/c1-2-3-4-11-26-18(28)27(14-7-5-13(6-8-14)19(21,22)23)17(25-26)15-9-10-24-12-16(15)20/h5-10,12H,2,11H2,1H3. The van der Waals surface area contributed by atoms with E-state index < -0.39 is 17.4 Å². The molecule has 0 N–H and O–H groups in total. The van der Waals surface area contributed by atoms with E-state index in [9.17, 15) is 18.0 Å². The second kappa shape index (κ2) is 7.90. The second-order valence-corrected chi connectivity index (χ2v) is 6.11. The summed E-state index contributed by atoms with van der Waals surface area (Å²) in [6.07, 6.45) is -0.967. The minimum Gasteiger partial charge on any atom is -0.263 e. The maximum atomic E-state index is 12.9. The van der Waals surface area contributed by atoms with Gasteiger partial charge in [0, 0.05) is 24.4 Å². The van der Waals surface area contributed by atoms with Gasteiger partial charge >= 0.3 is 11.9 Å². The molecule has 1 aromatic carbocycles. The zero-order valence-electron chi connectivity index (χ0n) is 14.7. The van der Waals surface area contributed by atoms with Crippen LogP contribution in [0.2, 0.25) is 5.02 Å². The smallest absolute Gasteiger partial charge is 0.263 e. The fraction of sp³-hybridized carbons (Fsp3) is 0.211. The van der Waals surface area contributed by atoms with Gasteiger partial charge in [-0.05, 0) is 30.3 Å². The van der Waals surface area contributed by atoms with E-state index in [2.05, 4.69) is 21.9 Å². The highest BCUT2D eigenvalue weighted by Gasteiger charge is 2.30. The Morgan fingerprint density at radius 1 is 1.14 bits per heavy atom. The van der Waals surface area contributed by atoms with Crippen molar-refractivity contribution >= 4 is 11.6 Å². The third kappa shape index (κ3) is 3.94. The van der Waals surface area contributed by atoms with Crippen molar-refractivity contribution in [1.29, 1.82) is 0 Å². The van der Waals surface area contributed by atoms with Crippen LogP contribution in [0.3, 0.4) is 0 Å². The van der Waals surface area contributed by atoms with Crippen LogP contribution in [-0.4, -0.2) is 19.3 Å². The average molecular weight is 407 g/mol. The molecule has 3 rings (SSSR count). The number of hydrogen-bond donors (Lipinski definition) is 0. The number of benzene rings is 1. The molecule has 0 radical (unpaired) electrons. The van der Waals surface area contributed by atoms with Crippen LogP contribution in [0.25, 0.3) is 17.1 Å². The highest BCUT2D eigenvalue weighted by Crippen LogP contribution is 2.31. The third-order valence-corrected chi connectivity index (χ3v) is 4.14. The van der Waals surface area contributed by atoms with Gasteiger partial charge in [-0.25, -0.2) is 14.0 Å². The maximum Gasteiger partial charge on any atom is 0.416 e. The zero-order chi connectivity index (χ0) is 20.3. The highest BCUT2D eigenvalue weighted by molar-refractivity contribution is 6.33. The number of halogens is 4. The molecule has 0 atom stereocenters. The van der Waals surface area contributed by atoms with E-state index in [1.165, 1.54) is 29.1 Å². The normalized spacial score (nSPS) is 11.2. The van der Waals surface area contributed by atoms with Crippen LogP contribution < -0.4 is 5.69 Å². The van der Waals surface area contributed by atoms with Gasteiger partial charge in [0.25, 0.3) is 0 Å². The number of rotatable bonds is 3. The van der Waals surface area contributed by atoms with Gasteiger partial charge in [-0.3, -0.25) is 4.98 Å². The molecule has 0 saturated carbocycles. The summed E-state index contributed by atoms with van der Waals surface area (Å²) in [6.45, 7) is 1.93. The number of aromatic nitrogens is 4. The van der Waals surface area contributed by atoms with Crippen molar-refractivity contribution in [2.24, 2.45) is 0 Å². The molecule has 0 amide bonds. The van der Waals surface area contributed by atoms with Gasteiger partial charge < -0.3 is 0 Å². The molecule has 2 aromatic heterocycles. The van der Waals surface area contributed by atoms with Crippen LogP contribution in [0.1, 0.15) is 18.9 Å². The lowest BCUT2D eigenvalue weighted by Crippen LogP contribution is -2.24. The monoisotopic (exact) mass is 406 g/mol. The lowest BCUT2D eigenvalue weighted by atomic mass is 10.2. The quantitative estimate of drug-likeness (QED) is 0.613. The second-order valence-electron chi connectivity index (χ2n) is 5.71. The highest BCUT2D eigenvalue weighted by atomic mass is 35.5. The summed E-state index contributed by atoms with van der Waals surface area (Å²) in [6, 6.07) is 5.83. The summed E-state index contributed by atoms with van der Waals surface area (Å²) in [5.74, 6) is 5.86. The summed E-state index contributed by atoms with van der Waals surface area (Å²) in [5, 5.41) is 4.55. The van der Waals surface area contributed by atoms with Crippen LogP contribution in [-0.2, 0) is 12.7 Å². The van der Waals surface area contributed by atoms with E-state index in [-0.39, 0.29) is 23.1 Å². The minimum absolute atomic E-state index is 0.0516. The molecule has 3 aromatic rings. The SMILES string of the molecule is CCC#CCn1nc(-c2ccncc2Cl)n(-c2ccc(C(F)(F)F)cc2)c1=O. The van der Waals surface area contributed by atoms with E-state index in [4.69, 9.17) is 11.6 Å². The average Bonchev–Trinajstić information content (AvgIpc) is 2.98. The molecule has 0 fully saturated rings. The van der Waals surface area contributed by atoms with Crippen LogP contribution in [0, 0.1) is 11.8 Å². The van der Waals surface area contributed by atoms with E-state index in [0.29, 0.717) is 12.0 Å². The fourth-order valence-corrected chi connectivity index (χ4v) is 2.73. The Morgan fingerprint density at radius 3 is 2.46 bits per heavy atom. The Hall–Kier alpha value is -3.05. The number of hydrogen-bond acceptors (Lipinski definition) is 3. The molecule has 2 heterocycles. The lowest BCUT2D eigenvalue weighted by Gasteiger charge is -2.09. The molecule has 144 valence electrons. The van der Waals surface area contributed by atoms with Gasteiger partial charge in [0.15, 0.2) is 5.82 Å². The lowest BCUT2D eigenvalue weighted by molar-refractivity contribution is -0.137. The molecule has 28 heavy (non-hydrogen) atoms. The van der Waals surface area contributed by atoms with E-state index in [1.54, 1.807) is 6.07 Å². The first kappa shape index (κ1) is 19.7. The fourth-order valence-electron chi connectivity index (χ4n) is 2.53. The van der Waals surface area contributed by atoms with Crippen LogP contribution in [0.5, 0.6) is 0 Å². The van der Waals surface area contributed by atoms with Crippen molar-refractivity contribution in [3.8, 4) is 28.9 Å². The van der Waals surface area contributed by atoms with Crippen molar-refractivity contribution in [3.05, 3.63) is 63.8 Å². The molecule has 0 bridgehead atoms. The summed E-state index contributed by atoms with van der Waals surface area (Å²) >= 11 is 6.19. The molecule has 0 saturated heterocycles. The van der Waals surface area contributed by atoms with Gasteiger partial charge in [-0.15, -0.1) is 11.0 Å². The van der Waals surface area contributed by atoms with E-state index in [0.717, 1.165) is 16.8 Å². The molecule has 0 aliphatic rings. The Bertz CT molecular complexity index is 1110. The molecular weight excluding hydrogens is 393 g/mol. The van der Waals surface area contributed by atoms with Crippen molar-refractivity contribution in [2.45, 2.75) is 26.1 Å². The Kier molecular flexibility index (Phi) is 5.56. The Morgan fingerprint density at radius 2 is 1.86 bits per heavy atom. The zero-order valence-corrected chi connectivity index (χ0v) is 15.4. The van der Waals surface area contributed by atoms with Gasteiger partial charge in [-0.2, -0.15) is 13.2 Å². The largest absolute Gasteiger partial charge is 0.416 e. The first-order valence-corrected chi connectivity index (χ1v) is 8.63. The molecule has 0 aliphatic carbocycles. The van der Waals surface area contributed by atoms with Gasteiger partial charge in [0.2, 0.25) is 0 Å². The van der Waals surface area contributed by atoms with Gasteiger partial charge in [0.05, 0.1) is 16.3 Å². The van der Waals surface area contributed by atoms with Crippen LogP contribution in [0.4, 0.5) is 13.2 Å². The summed E-state index contributed by atoms with van der Waals surface area (Å²) in [4.78, 5) is 16.8. The number of pyridine rings is 1. The Balaban J connectivity index is 2.18. The van der Waals surface area contributed by atoms with Crippen LogP contribution in [0.15, 0.2) is 47.5 Å². The minimum atomic E-state index is -4.47. The molecular formula is C19H14ClF3N4O. The molecule has 0 spiro atoms. The van der Waals surface area contributed by atoms with Gasteiger partial charge in [-0.1, -0.05) is 24.4 Å². The predicted octanol–water partition coefficient (Wildman–Crippen LogP) is 4.18. The molecule has 9 heteroatoms. The number of alkyl halides is 3. The predicted molar refractivity (Wildman–Crippen MR) is 99.1 cm³/mol. The van der Waals surface area contributed by atoms with E-state index >= 15 is 0 Å². The molecule has 5 nitrogen and oxygen atoms in total. The molecule has 0 unspecified atom stereocenters. The van der Waals surface area contributed by atoms with Crippen LogP contribution >= 0.6 is 11.6 Å². The summed E-state index contributed by atoms with van der Waals surface area (Å²) in [5.41, 5.74) is -0.687. The van der Waals surface area contributed by atoms with Crippen molar-refractivity contribution < 1.29 is 13.2 Å². The van der Waals surface area contributed by atoms with Crippen molar-refractivity contribution in [3.63, 3.8) is 0 Å². The van der Waals surface area contributed by atoms with Gasteiger partial charge in [0.1, 0.15) is 6.54 Å². The van der Waals surface area contributed by atoms with E-state index in [1.807, 2.05) is 6.92 Å². The topological polar surface area (TPSA) is 52.7 Å². The molecule has 0 aliphatic heterocycles. The van der Waals surface area contributed by atoms with Crippen molar-refractivity contribution in [2.75, 3.05) is 0 Å². The first-order valence-electron chi connectivity index (χ1n) is 8.26. The number of nitrogens with zero attached hydrogens (tertiary/aromatic N) is 4. The summed E-state index contributed by atoms with van der Waals surface area (Å²) < 4.78 is 40.9. The first-order chi connectivity index (χ1) is 13.3.